The first-order chi connectivity index (χ1) is 10.6. The number of rotatable bonds is 5. The van der Waals surface area contributed by atoms with Crippen LogP contribution in [0.15, 0.2) is 0 Å². The van der Waals surface area contributed by atoms with Crippen molar-refractivity contribution < 1.29 is 4.79 Å². The molecule has 4 nitrogen and oxygen atoms in total. The van der Waals surface area contributed by atoms with Gasteiger partial charge in [-0.25, -0.2) is 0 Å². The van der Waals surface area contributed by atoms with Crippen LogP contribution in [0.25, 0.3) is 0 Å². The normalized spacial score (nSPS) is 38.0. The first kappa shape index (κ1) is 16.3. The van der Waals surface area contributed by atoms with Gasteiger partial charge in [-0.3, -0.25) is 9.69 Å². The van der Waals surface area contributed by atoms with Gasteiger partial charge in [0, 0.05) is 18.6 Å². The summed E-state index contributed by atoms with van der Waals surface area (Å²) in [6.45, 7) is 6.34. The van der Waals surface area contributed by atoms with Crippen molar-refractivity contribution in [1.29, 1.82) is 0 Å². The van der Waals surface area contributed by atoms with E-state index in [2.05, 4.69) is 29.4 Å². The standard InChI is InChI=1S/C18H33N3O/c1-12(17-10-14-6-7-15(17)9-14)20-18(22)13(2)21-8-4-5-16(11-21)19-3/h12-17,19H,4-11H2,1-3H3,(H,20,22). The highest BCUT2D eigenvalue weighted by atomic mass is 16.2. The molecule has 2 bridgehead atoms. The number of carbonyl (C=O) groups is 1. The average molecular weight is 307 g/mol. The molecule has 2 saturated carbocycles. The lowest BCUT2D eigenvalue weighted by Gasteiger charge is -2.37. The number of amides is 1. The van der Waals surface area contributed by atoms with E-state index < -0.39 is 0 Å². The highest BCUT2D eigenvalue weighted by molar-refractivity contribution is 5.81. The van der Waals surface area contributed by atoms with Gasteiger partial charge in [-0.1, -0.05) is 6.42 Å². The third-order valence-corrected chi connectivity index (χ3v) is 6.59. The number of fused-ring (bicyclic) bond motifs is 2. The summed E-state index contributed by atoms with van der Waals surface area (Å²) < 4.78 is 0. The molecule has 22 heavy (non-hydrogen) atoms. The van der Waals surface area contributed by atoms with Crippen molar-refractivity contribution in [1.82, 2.24) is 15.5 Å². The molecule has 3 fully saturated rings. The number of carbonyl (C=O) groups excluding carboxylic acids is 1. The average Bonchev–Trinajstić information content (AvgIpc) is 3.17. The smallest absolute Gasteiger partial charge is 0.237 e. The van der Waals surface area contributed by atoms with Crippen molar-refractivity contribution in [2.45, 2.75) is 70.5 Å². The monoisotopic (exact) mass is 307 g/mol. The van der Waals surface area contributed by atoms with Gasteiger partial charge in [0.05, 0.1) is 6.04 Å². The van der Waals surface area contributed by atoms with Gasteiger partial charge in [0.1, 0.15) is 0 Å². The Morgan fingerprint density at radius 1 is 1.18 bits per heavy atom. The van der Waals surface area contributed by atoms with E-state index in [1.54, 1.807) is 0 Å². The predicted molar refractivity (Wildman–Crippen MR) is 89.7 cm³/mol. The van der Waals surface area contributed by atoms with Crippen molar-refractivity contribution >= 4 is 5.91 Å². The summed E-state index contributed by atoms with van der Waals surface area (Å²) in [6, 6.07) is 0.874. The van der Waals surface area contributed by atoms with Crippen LogP contribution in [0, 0.1) is 17.8 Å². The van der Waals surface area contributed by atoms with E-state index in [1.807, 2.05) is 7.05 Å². The predicted octanol–water partition coefficient (Wildman–Crippen LogP) is 2.00. The molecule has 1 saturated heterocycles. The van der Waals surface area contributed by atoms with E-state index in [1.165, 1.54) is 38.5 Å². The lowest BCUT2D eigenvalue weighted by Crippen LogP contribution is -2.54. The molecule has 0 aromatic carbocycles. The zero-order valence-electron chi connectivity index (χ0n) is 14.5. The van der Waals surface area contributed by atoms with Crippen LogP contribution < -0.4 is 10.6 Å². The maximum atomic E-state index is 12.6. The highest BCUT2D eigenvalue weighted by Crippen LogP contribution is 2.49. The minimum absolute atomic E-state index is 0.00260. The van der Waals surface area contributed by atoms with Crippen LogP contribution in [0.2, 0.25) is 0 Å². The van der Waals surface area contributed by atoms with Crippen molar-refractivity contribution in [3.05, 3.63) is 0 Å². The molecule has 2 aliphatic carbocycles. The molecule has 1 aliphatic heterocycles. The van der Waals surface area contributed by atoms with Crippen LogP contribution in [0.3, 0.4) is 0 Å². The third kappa shape index (κ3) is 3.33. The molecule has 0 aromatic rings. The molecular formula is C18H33N3O. The molecule has 126 valence electrons. The fourth-order valence-corrected chi connectivity index (χ4v) is 5.12. The zero-order valence-corrected chi connectivity index (χ0v) is 14.5. The van der Waals surface area contributed by atoms with Crippen molar-refractivity contribution in [2.24, 2.45) is 17.8 Å². The van der Waals surface area contributed by atoms with Crippen molar-refractivity contribution in [2.75, 3.05) is 20.1 Å². The molecule has 0 spiro atoms. The van der Waals surface area contributed by atoms with E-state index >= 15 is 0 Å². The molecule has 1 amide bonds. The third-order valence-electron chi connectivity index (χ3n) is 6.59. The lowest BCUT2D eigenvalue weighted by molar-refractivity contribution is -0.127. The van der Waals surface area contributed by atoms with Gasteiger partial charge in [-0.15, -0.1) is 0 Å². The quantitative estimate of drug-likeness (QED) is 0.816. The molecular weight excluding hydrogens is 274 g/mol. The number of nitrogens with zero attached hydrogens (tertiary/aromatic N) is 1. The summed E-state index contributed by atoms with van der Waals surface area (Å²) in [5.74, 6) is 2.78. The van der Waals surface area contributed by atoms with E-state index in [-0.39, 0.29) is 11.9 Å². The summed E-state index contributed by atoms with van der Waals surface area (Å²) in [5, 5.41) is 6.69. The van der Waals surface area contributed by atoms with Crippen LogP contribution in [-0.2, 0) is 4.79 Å². The second-order valence-corrected chi connectivity index (χ2v) is 7.93. The molecule has 2 N–H and O–H groups in total. The second kappa shape index (κ2) is 6.88. The van der Waals surface area contributed by atoms with Gasteiger partial charge in [0.15, 0.2) is 0 Å². The fraction of sp³-hybridized carbons (Fsp3) is 0.944. The number of piperidine rings is 1. The van der Waals surface area contributed by atoms with Crippen LogP contribution in [0.1, 0.15) is 52.4 Å². The Morgan fingerprint density at radius 2 is 2.00 bits per heavy atom. The minimum atomic E-state index is -0.00260. The number of likely N-dealkylation sites (N-methyl/N-ethyl adjacent to an activating group) is 1. The number of hydrogen-bond acceptors (Lipinski definition) is 3. The topological polar surface area (TPSA) is 44.4 Å². The number of hydrogen-bond donors (Lipinski definition) is 2. The summed E-state index contributed by atoms with van der Waals surface area (Å²) in [4.78, 5) is 15.0. The number of nitrogens with one attached hydrogen (secondary N) is 2. The van der Waals surface area contributed by atoms with E-state index in [9.17, 15) is 4.79 Å². The molecule has 1 heterocycles. The summed E-state index contributed by atoms with van der Waals surface area (Å²) in [7, 11) is 2.02. The Bertz CT molecular complexity index is 400. The van der Waals surface area contributed by atoms with Crippen LogP contribution in [0.5, 0.6) is 0 Å². The summed E-state index contributed by atoms with van der Waals surface area (Å²) >= 11 is 0. The summed E-state index contributed by atoms with van der Waals surface area (Å²) in [5.41, 5.74) is 0. The maximum absolute atomic E-state index is 12.6. The van der Waals surface area contributed by atoms with Crippen molar-refractivity contribution in [3.8, 4) is 0 Å². The molecule has 0 aromatic heterocycles. The first-order valence-electron chi connectivity index (χ1n) is 9.30. The van der Waals surface area contributed by atoms with E-state index in [4.69, 9.17) is 0 Å². The van der Waals surface area contributed by atoms with E-state index in [0.717, 1.165) is 30.8 Å². The Morgan fingerprint density at radius 3 is 2.64 bits per heavy atom. The van der Waals surface area contributed by atoms with E-state index in [0.29, 0.717) is 12.1 Å². The molecule has 3 aliphatic rings. The maximum Gasteiger partial charge on any atom is 0.237 e. The molecule has 4 heteroatoms. The van der Waals surface area contributed by atoms with Gasteiger partial charge in [0.25, 0.3) is 0 Å². The van der Waals surface area contributed by atoms with Crippen LogP contribution in [-0.4, -0.2) is 49.1 Å². The Hall–Kier alpha value is -0.610. The molecule has 6 unspecified atom stereocenters. The minimum Gasteiger partial charge on any atom is -0.352 e. The second-order valence-electron chi connectivity index (χ2n) is 7.93. The Balaban J connectivity index is 1.50. The van der Waals surface area contributed by atoms with Gasteiger partial charge in [-0.05, 0) is 77.3 Å². The van der Waals surface area contributed by atoms with Gasteiger partial charge in [0.2, 0.25) is 5.91 Å². The van der Waals surface area contributed by atoms with Crippen molar-refractivity contribution in [3.63, 3.8) is 0 Å². The molecule has 0 radical (unpaired) electrons. The fourth-order valence-electron chi connectivity index (χ4n) is 5.12. The lowest BCUT2D eigenvalue weighted by atomic mass is 9.84. The van der Waals surface area contributed by atoms with Gasteiger partial charge >= 0.3 is 0 Å². The zero-order chi connectivity index (χ0) is 15.7. The summed E-state index contributed by atoms with van der Waals surface area (Å²) in [6.07, 6.45) is 7.98. The first-order valence-corrected chi connectivity index (χ1v) is 9.30. The van der Waals surface area contributed by atoms with Gasteiger partial charge in [-0.2, -0.15) is 0 Å². The Labute approximate surface area is 135 Å². The van der Waals surface area contributed by atoms with Crippen LogP contribution >= 0.6 is 0 Å². The Kier molecular flexibility index (Phi) is 5.08. The largest absolute Gasteiger partial charge is 0.352 e. The number of likely N-dealkylation sites (tertiary alicyclic amines) is 1. The molecule has 6 atom stereocenters. The molecule has 3 rings (SSSR count). The highest BCUT2D eigenvalue weighted by Gasteiger charge is 2.42. The van der Waals surface area contributed by atoms with Crippen LogP contribution in [0.4, 0.5) is 0 Å². The SMILES string of the molecule is CNC1CCCN(C(C)C(=O)NC(C)C2CC3CCC2C3)C1. The van der Waals surface area contributed by atoms with Gasteiger partial charge < -0.3 is 10.6 Å².